The summed E-state index contributed by atoms with van der Waals surface area (Å²) in [6.45, 7) is 0.762. The van der Waals surface area contributed by atoms with Crippen LogP contribution >= 0.6 is 0 Å². The summed E-state index contributed by atoms with van der Waals surface area (Å²) >= 11 is 0. The SMILES string of the molecule is COc1ccc(N)cc1CN(C)c1ccccc1. The maximum absolute atomic E-state index is 5.82. The van der Waals surface area contributed by atoms with E-state index in [1.54, 1.807) is 7.11 Å². The predicted molar refractivity (Wildman–Crippen MR) is 76.0 cm³/mol. The molecule has 0 heterocycles. The highest BCUT2D eigenvalue weighted by molar-refractivity contribution is 5.51. The molecule has 0 unspecified atom stereocenters. The van der Waals surface area contributed by atoms with Gasteiger partial charge in [-0.3, -0.25) is 0 Å². The van der Waals surface area contributed by atoms with E-state index in [2.05, 4.69) is 24.1 Å². The van der Waals surface area contributed by atoms with E-state index in [-0.39, 0.29) is 0 Å². The van der Waals surface area contributed by atoms with Crippen LogP contribution in [-0.2, 0) is 6.54 Å². The van der Waals surface area contributed by atoms with Gasteiger partial charge in [0.15, 0.2) is 0 Å². The maximum Gasteiger partial charge on any atom is 0.123 e. The number of benzene rings is 2. The molecule has 0 amide bonds. The van der Waals surface area contributed by atoms with Crippen LogP contribution in [0.5, 0.6) is 5.75 Å². The highest BCUT2D eigenvalue weighted by Gasteiger charge is 2.07. The minimum absolute atomic E-state index is 0.757. The van der Waals surface area contributed by atoms with Gasteiger partial charge < -0.3 is 15.4 Å². The van der Waals surface area contributed by atoms with Crippen molar-refractivity contribution in [3.63, 3.8) is 0 Å². The third-order valence-corrected chi connectivity index (χ3v) is 2.91. The highest BCUT2D eigenvalue weighted by atomic mass is 16.5. The molecule has 0 fully saturated rings. The van der Waals surface area contributed by atoms with Gasteiger partial charge in [0.05, 0.1) is 7.11 Å². The molecule has 0 aromatic heterocycles. The van der Waals surface area contributed by atoms with E-state index >= 15 is 0 Å². The van der Waals surface area contributed by atoms with Gasteiger partial charge >= 0.3 is 0 Å². The second kappa shape index (κ2) is 5.45. The fourth-order valence-corrected chi connectivity index (χ4v) is 1.95. The first-order valence-electron chi connectivity index (χ1n) is 5.89. The van der Waals surface area contributed by atoms with Crippen molar-refractivity contribution in [1.82, 2.24) is 0 Å². The first-order valence-corrected chi connectivity index (χ1v) is 5.89. The first-order chi connectivity index (χ1) is 8.70. The minimum Gasteiger partial charge on any atom is -0.496 e. The number of para-hydroxylation sites is 1. The third kappa shape index (κ3) is 2.74. The van der Waals surface area contributed by atoms with Crippen molar-refractivity contribution in [3.05, 3.63) is 54.1 Å². The first kappa shape index (κ1) is 12.3. The van der Waals surface area contributed by atoms with E-state index in [9.17, 15) is 0 Å². The molecule has 2 aromatic carbocycles. The molecule has 0 aliphatic carbocycles. The maximum atomic E-state index is 5.82. The van der Waals surface area contributed by atoms with Crippen LogP contribution in [0.25, 0.3) is 0 Å². The van der Waals surface area contributed by atoms with Gasteiger partial charge in [-0.1, -0.05) is 18.2 Å². The number of hydrogen-bond donors (Lipinski definition) is 1. The summed E-state index contributed by atoms with van der Waals surface area (Å²) in [6.07, 6.45) is 0. The van der Waals surface area contributed by atoms with Crippen molar-refractivity contribution in [2.45, 2.75) is 6.54 Å². The molecule has 3 nitrogen and oxygen atoms in total. The van der Waals surface area contributed by atoms with Gasteiger partial charge in [0.25, 0.3) is 0 Å². The van der Waals surface area contributed by atoms with Gasteiger partial charge in [-0.25, -0.2) is 0 Å². The average Bonchev–Trinajstić information content (AvgIpc) is 2.40. The summed E-state index contributed by atoms with van der Waals surface area (Å²) in [5.74, 6) is 0.868. The summed E-state index contributed by atoms with van der Waals surface area (Å²) in [5, 5.41) is 0. The zero-order chi connectivity index (χ0) is 13.0. The summed E-state index contributed by atoms with van der Waals surface area (Å²) in [7, 11) is 3.73. The molecule has 0 bridgehead atoms. The topological polar surface area (TPSA) is 38.5 Å². The van der Waals surface area contributed by atoms with E-state index < -0.39 is 0 Å². The lowest BCUT2D eigenvalue weighted by Crippen LogP contribution is -2.16. The van der Waals surface area contributed by atoms with Crippen LogP contribution in [0.3, 0.4) is 0 Å². The molecule has 2 N–H and O–H groups in total. The Kier molecular flexibility index (Phi) is 3.72. The fraction of sp³-hybridized carbons (Fsp3) is 0.200. The molecule has 18 heavy (non-hydrogen) atoms. The van der Waals surface area contributed by atoms with Gasteiger partial charge in [-0.2, -0.15) is 0 Å². The number of hydrogen-bond acceptors (Lipinski definition) is 3. The van der Waals surface area contributed by atoms with E-state index in [4.69, 9.17) is 10.5 Å². The fourth-order valence-electron chi connectivity index (χ4n) is 1.95. The van der Waals surface area contributed by atoms with Crippen LogP contribution < -0.4 is 15.4 Å². The molecule has 0 aliphatic heterocycles. The van der Waals surface area contributed by atoms with Crippen LogP contribution in [0.15, 0.2) is 48.5 Å². The second-order valence-electron chi connectivity index (χ2n) is 4.26. The summed E-state index contributed by atoms with van der Waals surface area (Å²) in [5.41, 5.74) is 8.83. The number of nitrogens with two attached hydrogens (primary N) is 1. The molecule has 0 saturated heterocycles. The Bertz CT molecular complexity index is 511. The van der Waals surface area contributed by atoms with Crippen LogP contribution in [0.1, 0.15) is 5.56 Å². The molecule has 0 atom stereocenters. The summed E-state index contributed by atoms with van der Waals surface area (Å²) in [6, 6.07) is 16.0. The Hall–Kier alpha value is -2.16. The Morgan fingerprint density at radius 2 is 1.83 bits per heavy atom. The van der Waals surface area contributed by atoms with Crippen molar-refractivity contribution in [1.29, 1.82) is 0 Å². The average molecular weight is 242 g/mol. The standard InChI is InChI=1S/C15H18N2O/c1-17(14-6-4-3-5-7-14)11-12-10-13(16)8-9-15(12)18-2/h3-10H,11,16H2,1-2H3. The van der Waals surface area contributed by atoms with E-state index in [0.717, 1.165) is 23.5 Å². The molecule has 3 heteroatoms. The Labute approximate surface area is 108 Å². The number of methoxy groups -OCH3 is 1. The number of ether oxygens (including phenoxy) is 1. The van der Waals surface area contributed by atoms with Gasteiger partial charge in [0, 0.05) is 30.5 Å². The van der Waals surface area contributed by atoms with Crippen LogP contribution in [0.2, 0.25) is 0 Å². The number of nitrogens with zero attached hydrogens (tertiary/aromatic N) is 1. The van der Waals surface area contributed by atoms with Gasteiger partial charge in [-0.05, 0) is 30.3 Å². The van der Waals surface area contributed by atoms with Gasteiger partial charge in [0.1, 0.15) is 5.75 Å². The monoisotopic (exact) mass is 242 g/mol. The molecule has 0 radical (unpaired) electrons. The molecule has 2 rings (SSSR count). The van der Waals surface area contributed by atoms with Crippen LogP contribution in [0.4, 0.5) is 11.4 Å². The predicted octanol–water partition coefficient (Wildman–Crippen LogP) is 2.91. The lowest BCUT2D eigenvalue weighted by molar-refractivity contribution is 0.409. The van der Waals surface area contributed by atoms with Gasteiger partial charge in [-0.15, -0.1) is 0 Å². The molecule has 0 saturated carbocycles. The lowest BCUT2D eigenvalue weighted by atomic mass is 10.1. The van der Waals surface area contributed by atoms with Crippen LogP contribution in [-0.4, -0.2) is 14.2 Å². The van der Waals surface area contributed by atoms with Crippen molar-refractivity contribution in [3.8, 4) is 5.75 Å². The normalized spacial score (nSPS) is 10.1. The van der Waals surface area contributed by atoms with Crippen molar-refractivity contribution in [2.24, 2.45) is 0 Å². The largest absolute Gasteiger partial charge is 0.496 e. The molecule has 94 valence electrons. The smallest absolute Gasteiger partial charge is 0.123 e. The van der Waals surface area contributed by atoms with E-state index in [1.165, 1.54) is 5.69 Å². The van der Waals surface area contributed by atoms with Crippen molar-refractivity contribution < 1.29 is 4.74 Å². The second-order valence-corrected chi connectivity index (χ2v) is 4.26. The zero-order valence-electron chi connectivity index (χ0n) is 10.8. The van der Waals surface area contributed by atoms with E-state index in [0.29, 0.717) is 0 Å². The van der Waals surface area contributed by atoms with Gasteiger partial charge in [0.2, 0.25) is 0 Å². The third-order valence-electron chi connectivity index (χ3n) is 2.91. The minimum atomic E-state index is 0.757. The Morgan fingerprint density at radius 1 is 1.11 bits per heavy atom. The molecule has 2 aromatic rings. The Balaban J connectivity index is 2.21. The molecular weight excluding hydrogens is 224 g/mol. The van der Waals surface area contributed by atoms with Crippen LogP contribution in [0, 0.1) is 0 Å². The molecule has 0 spiro atoms. The lowest BCUT2D eigenvalue weighted by Gasteiger charge is -2.21. The Morgan fingerprint density at radius 3 is 2.50 bits per heavy atom. The highest BCUT2D eigenvalue weighted by Crippen LogP contribution is 2.24. The quantitative estimate of drug-likeness (QED) is 0.838. The number of rotatable bonds is 4. The summed E-state index contributed by atoms with van der Waals surface area (Å²) in [4.78, 5) is 2.16. The van der Waals surface area contributed by atoms with Crippen molar-refractivity contribution in [2.75, 3.05) is 24.8 Å². The summed E-state index contributed by atoms with van der Waals surface area (Å²) < 4.78 is 5.35. The van der Waals surface area contributed by atoms with Crippen molar-refractivity contribution >= 4 is 11.4 Å². The number of anilines is 2. The molecule has 0 aliphatic rings. The zero-order valence-corrected chi connectivity index (χ0v) is 10.8. The molecular formula is C15H18N2O. The number of nitrogen functional groups attached to an aromatic ring is 1. The van der Waals surface area contributed by atoms with E-state index in [1.807, 2.05) is 36.4 Å².